The maximum absolute atomic E-state index is 3.72. The van der Waals surface area contributed by atoms with Gasteiger partial charge in [0.1, 0.15) is 0 Å². The van der Waals surface area contributed by atoms with Crippen LogP contribution >= 0.6 is 15.9 Å². The van der Waals surface area contributed by atoms with Gasteiger partial charge >= 0.3 is 198 Å². The van der Waals surface area contributed by atoms with E-state index in [1.807, 2.05) is 0 Å². The molecule has 1 heterocycles. The first kappa shape index (κ1) is 21.9. The number of benzene rings is 3. The predicted molar refractivity (Wildman–Crippen MR) is 139 cm³/mol. The second-order valence-electron chi connectivity index (χ2n) is 9.33. The molecule has 0 atom stereocenters. The molecule has 0 bridgehead atoms. The van der Waals surface area contributed by atoms with Gasteiger partial charge in [-0.15, -0.1) is 0 Å². The van der Waals surface area contributed by atoms with Gasteiger partial charge in [-0.1, -0.05) is 0 Å². The zero-order valence-electron chi connectivity index (χ0n) is 18.8. The molecule has 0 saturated heterocycles. The summed E-state index contributed by atoms with van der Waals surface area (Å²) in [5.41, 5.74) is 9.07. The standard InChI is InChI=1S/C27H30BBrSe/c1-16(2)19-13-21(17(3)4)27(22(14-19)18(5)6)28-23-9-7-8-10-25(23)30-26-15-20(29)11-12-24(26)28/h7-18H,1-6H3. The van der Waals surface area contributed by atoms with Crippen LogP contribution in [0.2, 0.25) is 0 Å². The third-order valence-electron chi connectivity index (χ3n) is 6.20. The average Bonchev–Trinajstić information content (AvgIpc) is 2.70. The molecule has 0 unspecified atom stereocenters. The minimum absolute atomic E-state index is 0.316. The third-order valence-corrected chi connectivity index (χ3v) is 9.14. The summed E-state index contributed by atoms with van der Waals surface area (Å²) in [6.07, 6.45) is 0. The van der Waals surface area contributed by atoms with E-state index in [4.69, 9.17) is 0 Å². The van der Waals surface area contributed by atoms with Gasteiger partial charge in [0.2, 0.25) is 0 Å². The molecular weight excluding hydrogens is 494 g/mol. The molecule has 0 fully saturated rings. The van der Waals surface area contributed by atoms with Crippen LogP contribution in [0.4, 0.5) is 0 Å². The molecule has 0 saturated carbocycles. The van der Waals surface area contributed by atoms with Crippen LogP contribution in [-0.2, 0) is 0 Å². The van der Waals surface area contributed by atoms with Crippen molar-refractivity contribution in [1.29, 1.82) is 0 Å². The van der Waals surface area contributed by atoms with Gasteiger partial charge in [-0.05, 0) is 0 Å². The molecule has 4 rings (SSSR count). The molecule has 0 N–H and O–H groups in total. The van der Waals surface area contributed by atoms with Gasteiger partial charge in [0, 0.05) is 0 Å². The summed E-state index contributed by atoms with van der Waals surface area (Å²) >= 11 is 4.06. The summed E-state index contributed by atoms with van der Waals surface area (Å²) in [6, 6.07) is 21.1. The van der Waals surface area contributed by atoms with E-state index >= 15 is 0 Å². The van der Waals surface area contributed by atoms with E-state index in [2.05, 4.69) is 112 Å². The first-order valence-electron chi connectivity index (χ1n) is 11.0. The van der Waals surface area contributed by atoms with Crippen LogP contribution in [-0.4, -0.2) is 21.7 Å². The summed E-state index contributed by atoms with van der Waals surface area (Å²) < 4.78 is 4.22. The SMILES string of the molecule is CC(C)c1cc(C(C)C)c(B2c3ccccc3[Se]c3cc(Br)ccc32)c(C(C)C)c1. The van der Waals surface area contributed by atoms with Gasteiger partial charge in [0.15, 0.2) is 0 Å². The molecule has 1 aliphatic heterocycles. The van der Waals surface area contributed by atoms with Crippen molar-refractivity contribution in [2.45, 2.75) is 59.3 Å². The Morgan fingerprint density at radius 3 is 1.90 bits per heavy atom. The van der Waals surface area contributed by atoms with Gasteiger partial charge < -0.3 is 0 Å². The van der Waals surface area contributed by atoms with Gasteiger partial charge in [-0.2, -0.15) is 0 Å². The summed E-state index contributed by atoms with van der Waals surface area (Å²) in [6.45, 7) is 14.4. The van der Waals surface area contributed by atoms with Crippen molar-refractivity contribution in [2.75, 3.05) is 0 Å². The first-order valence-corrected chi connectivity index (χ1v) is 13.5. The van der Waals surface area contributed by atoms with E-state index in [1.54, 1.807) is 5.46 Å². The van der Waals surface area contributed by atoms with Crippen molar-refractivity contribution in [2.24, 2.45) is 0 Å². The molecule has 154 valence electrons. The summed E-state index contributed by atoms with van der Waals surface area (Å²) in [4.78, 5) is 0. The van der Waals surface area contributed by atoms with E-state index in [0.717, 1.165) is 0 Å². The monoisotopic (exact) mass is 524 g/mol. The second-order valence-corrected chi connectivity index (χ2v) is 12.5. The normalized spacial score (nSPS) is 13.2. The Hall–Kier alpha value is -1.28. The molecule has 0 aromatic heterocycles. The summed E-state index contributed by atoms with van der Waals surface area (Å²) in [5.74, 6) is 1.53. The van der Waals surface area contributed by atoms with E-state index in [9.17, 15) is 0 Å². The Morgan fingerprint density at radius 1 is 0.700 bits per heavy atom. The second kappa shape index (κ2) is 8.69. The average molecular weight is 524 g/mol. The van der Waals surface area contributed by atoms with Crippen molar-refractivity contribution < 1.29 is 0 Å². The molecule has 3 heteroatoms. The molecule has 30 heavy (non-hydrogen) atoms. The van der Waals surface area contributed by atoms with Crippen LogP contribution in [0.3, 0.4) is 0 Å². The van der Waals surface area contributed by atoms with Gasteiger partial charge in [0.25, 0.3) is 0 Å². The van der Waals surface area contributed by atoms with Crippen molar-refractivity contribution in [3.05, 3.63) is 75.8 Å². The zero-order chi connectivity index (χ0) is 21.6. The Morgan fingerprint density at radius 2 is 1.30 bits per heavy atom. The molecule has 0 spiro atoms. The minimum atomic E-state index is 0.316. The molecular formula is C27H30BBrSe. The molecule has 0 nitrogen and oxygen atoms in total. The van der Waals surface area contributed by atoms with E-state index in [1.165, 1.54) is 41.0 Å². The van der Waals surface area contributed by atoms with Crippen molar-refractivity contribution in [1.82, 2.24) is 0 Å². The van der Waals surface area contributed by atoms with Crippen LogP contribution in [0.5, 0.6) is 0 Å². The van der Waals surface area contributed by atoms with Crippen LogP contribution in [0, 0.1) is 0 Å². The maximum atomic E-state index is 3.72. The van der Waals surface area contributed by atoms with Gasteiger partial charge in [0.05, 0.1) is 0 Å². The molecule has 0 radical (unpaired) electrons. The molecule has 3 aromatic carbocycles. The molecule has 1 aliphatic rings. The Balaban J connectivity index is 2.08. The number of hydrogen-bond acceptors (Lipinski definition) is 0. The van der Waals surface area contributed by atoms with Crippen molar-refractivity contribution in [3.63, 3.8) is 0 Å². The number of fused-ring (bicyclic) bond motifs is 2. The van der Waals surface area contributed by atoms with Gasteiger partial charge in [-0.3, -0.25) is 0 Å². The van der Waals surface area contributed by atoms with Crippen molar-refractivity contribution in [3.8, 4) is 0 Å². The fourth-order valence-corrected chi connectivity index (χ4v) is 7.76. The molecule has 3 aromatic rings. The third kappa shape index (κ3) is 3.97. The number of hydrogen-bond donors (Lipinski definition) is 0. The fraction of sp³-hybridized carbons (Fsp3) is 0.333. The van der Waals surface area contributed by atoms with Crippen LogP contribution in [0.25, 0.3) is 0 Å². The van der Waals surface area contributed by atoms with Gasteiger partial charge in [-0.25, -0.2) is 0 Å². The van der Waals surface area contributed by atoms with Crippen LogP contribution in [0.15, 0.2) is 59.1 Å². The van der Waals surface area contributed by atoms with E-state index < -0.39 is 0 Å². The Bertz CT molecular complexity index is 1050. The van der Waals surface area contributed by atoms with Crippen LogP contribution in [0.1, 0.15) is 76.0 Å². The Labute approximate surface area is 197 Å². The first-order chi connectivity index (χ1) is 14.3. The fourth-order valence-electron chi connectivity index (χ4n) is 4.59. The molecule has 0 aliphatic carbocycles. The number of halogens is 1. The van der Waals surface area contributed by atoms with E-state index in [0.29, 0.717) is 39.4 Å². The molecule has 0 amide bonds. The predicted octanol–water partition coefficient (Wildman–Crippen LogP) is 4.30. The quantitative estimate of drug-likeness (QED) is 0.350. The summed E-state index contributed by atoms with van der Waals surface area (Å²) in [5, 5.41) is 0. The number of rotatable bonds is 4. The van der Waals surface area contributed by atoms with Crippen LogP contribution < -0.4 is 25.3 Å². The van der Waals surface area contributed by atoms with E-state index in [-0.39, 0.29) is 0 Å². The topological polar surface area (TPSA) is 0 Å². The van der Waals surface area contributed by atoms with Crippen molar-refractivity contribution >= 4 is 62.9 Å². The zero-order valence-corrected chi connectivity index (χ0v) is 22.1. The summed E-state index contributed by atoms with van der Waals surface area (Å²) in [7, 11) is 0. The Kier molecular flexibility index (Phi) is 6.36.